The molecule has 0 saturated carbocycles. The number of benzene rings is 2. The van der Waals surface area contributed by atoms with E-state index < -0.39 is 0 Å². The highest BCUT2D eigenvalue weighted by atomic mass is 35.5. The summed E-state index contributed by atoms with van der Waals surface area (Å²) in [5.74, 6) is 0. The Morgan fingerprint density at radius 3 is 1.50 bits per heavy atom. The van der Waals surface area contributed by atoms with E-state index in [4.69, 9.17) is 32.7 Å². The van der Waals surface area contributed by atoms with Crippen molar-refractivity contribution in [3.8, 4) is 11.1 Å². The lowest BCUT2D eigenvalue weighted by atomic mass is 9.88. The van der Waals surface area contributed by atoms with Crippen LogP contribution in [0.1, 0.15) is 34.5 Å². The molecule has 2 nitrogen and oxygen atoms in total. The van der Waals surface area contributed by atoms with Crippen LogP contribution in [0.3, 0.4) is 0 Å². The summed E-state index contributed by atoms with van der Waals surface area (Å²) in [5.41, 5.74) is 6.40. The predicted molar refractivity (Wildman–Crippen MR) is 99.0 cm³/mol. The van der Waals surface area contributed by atoms with Crippen LogP contribution in [0.2, 0.25) is 0 Å². The van der Waals surface area contributed by atoms with Crippen molar-refractivity contribution >= 4 is 35.4 Å². The molecule has 0 bridgehead atoms. The minimum atomic E-state index is -0.298. The van der Waals surface area contributed by atoms with Crippen molar-refractivity contribution in [2.75, 3.05) is 14.2 Å². The van der Waals surface area contributed by atoms with Gasteiger partial charge in [-0.1, -0.05) is 59.6 Å². The van der Waals surface area contributed by atoms with Gasteiger partial charge in [0, 0.05) is 14.2 Å². The standard InChI is InChI=1S/C20H16Cl2O2/c1-23-19-13-7-3-5-12-10-16(22)20(24-2)14-8-4-6-11(9-15(19)21)18(14)17(12)13/h3-10,19-20H,1-2H3. The molecule has 4 heteroatoms. The van der Waals surface area contributed by atoms with Crippen LogP contribution in [0.4, 0.5) is 0 Å². The van der Waals surface area contributed by atoms with E-state index in [2.05, 4.69) is 24.3 Å². The molecular weight excluding hydrogens is 343 g/mol. The van der Waals surface area contributed by atoms with Gasteiger partial charge >= 0.3 is 0 Å². The lowest BCUT2D eigenvalue weighted by molar-refractivity contribution is 0.139. The van der Waals surface area contributed by atoms with Crippen LogP contribution in [0.15, 0.2) is 46.5 Å². The van der Waals surface area contributed by atoms with Crippen LogP contribution in [0.25, 0.3) is 23.3 Å². The number of methoxy groups -OCH3 is 2. The topological polar surface area (TPSA) is 18.5 Å². The molecule has 0 fully saturated rings. The fourth-order valence-electron chi connectivity index (χ4n) is 3.66. The molecule has 0 radical (unpaired) electrons. The largest absolute Gasteiger partial charge is 0.371 e. The van der Waals surface area contributed by atoms with Crippen molar-refractivity contribution < 1.29 is 9.47 Å². The monoisotopic (exact) mass is 358 g/mol. The Morgan fingerprint density at radius 1 is 0.708 bits per heavy atom. The maximum absolute atomic E-state index is 6.57. The second kappa shape index (κ2) is 6.05. The minimum Gasteiger partial charge on any atom is -0.371 e. The van der Waals surface area contributed by atoms with Crippen molar-refractivity contribution in [2.45, 2.75) is 12.2 Å². The smallest absolute Gasteiger partial charge is 0.118 e. The van der Waals surface area contributed by atoms with E-state index in [0.717, 1.165) is 33.4 Å². The van der Waals surface area contributed by atoms with E-state index in [9.17, 15) is 0 Å². The third kappa shape index (κ3) is 2.26. The second-order valence-electron chi connectivity index (χ2n) is 5.91. The van der Waals surface area contributed by atoms with Gasteiger partial charge in [-0.15, -0.1) is 0 Å². The predicted octanol–water partition coefficient (Wildman–Crippen LogP) is 5.92. The maximum Gasteiger partial charge on any atom is 0.118 e. The third-order valence-corrected chi connectivity index (χ3v) is 5.25. The number of rotatable bonds is 2. The first-order valence-corrected chi connectivity index (χ1v) is 8.47. The van der Waals surface area contributed by atoms with Gasteiger partial charge < -0.3 is 9.47 Å². The van der Waals surface area contributed by atoms with E-state index >= 15 is 0 Å². The van der Waals surface area contributed by atoms with E-state index in [1.54, 1.807) is 14.2 Å². The Hall–Kier alpha value is -1.58. The summed E-state index contributed by atoms with van der Waals surface area (Å²) in [4.78, 5) is 0. The van der Waals surface area contributed by atoms with Crippen LogP contribution < -0.4 is 0 Å². The van der Waals surface area contributed by atoms with Gasteiger partial charge in [0.1, 0.15) is 12.2 Å². The van der Waals surface area contributed by atoms with Crippen LogP contribution in [0, 0.1) is 0 Å². The molecule has 2 aromatic carbocycles. The Kier molecular flexibility index (Phi) is 4.01. The minimum absolute atomic E-state index is 0.298. The van der Waals surface area contributed by atoms with Crippen molar-refractivity contribution in [2.24, 2.45) is 0 Å². The van der Waals surface area contributed by atoms with Crippen LogP contribution in [-0.4, -0.2) is 14.2 Å². The zero-order chi connectivity index (χ0) is 16.8. The first-order valence-electron chi connectivity index (χ1n) is 7.71. The SMILES string of the molecule is COC1C(Cl)=Cc2cccc3c2-c2c(cccc21)C=C(Cl)C3OC. The quantitative estimate of drug-likeness (QED) is 0.663. The van der Waals surface area contributed by atoms with Crippen molar-refractivity contribution in [1.29, 1.82) is 0 Å². The molecule has 122 valence electrons. The molecule has 2 aliphatic rings. The fourth-order valence-corrected chi connectivity index (χ4v) is 4.31. The average molecular weight is 359 g/mol. The van der Waals surface area contributed by atoms with Crippen molar-refractivity contribution in [3.63, 3.8) is 0 Å². The molecule has 0 amide bonds. The molecular formula is C20H16Cl2O2. The molecule has 2 aliphatic carbocycles. The molecule has 0 spiro atoms. The lowest BCUT2D eigenvalue weighted by Crippen LogP contribution is -2.05. The van der Waals surface area contributed by atoms with Crippen LogP contribution in [0.5, 0.6) is 0 Å². The Labute approximate surface area is 151 Å². The summed E-state index contributed by atoms with van der Waals surface area (Å²) < 4.78 is 11.4. The zero-order valence-electron chi connectivity index (χ0n) is 13.3. The number of hydrogen-bond acceptors (Lipinski definition) is 2. The molecule has 0 heterocycles. The Morgan fingerprint density at radius 2 is 1.12 bits per heavy atom. The summed E-state index contributed by atoms with van der Waals surface area (Å²) >= 11 is 13.1. The van der Waals surface area contributed by atoms with Gasteiger partial charge in [-0.2, -0.15) is 0 Å². The summed E-state index contributed by atoms with van der Waals surface area (Å²) in [6.07, 6.45) is 3.36. The van der Waals surface area contributed by atoms with E-state index in [-0.39, 0.29) is 12.2 Å². The van der Waals surface area contributed by atoms with E-state index in [1.165, 1.54) is 0 Å². The first-order chi connectivity index (χ1) is 11.7. The summed E-state index contributed by atoms with van der Waals surface area (Å²) in [5, 5.41) is 1.33. The molecule has 0 aromatic heterocycles. The van der Waals surface area contributed by atoms with E-state index in [0.29, 0.717) is 10.1 Å². The third-order valence-electron chi connectivity index (χ3n) is 4.63. The summed E-state index contributed by atoms with van der Waals surface area (Å²) in [6.45, 7) is 0. The highest BCUT2D eigenvalue weighted by Crippen LogP contribution is 2.49. The van der Waals surface area contributed by atoms with Gasteiger partial charge in [-0.25, -0.2) is 0 Å². The van der Waals surface area contributed by atoms with Gasteiger partial charge in [0.2, 0.25) is 0 Å². The molecule has 0 saturated heterocycles. The van der Waals surface area contributed by atoms with Gasteiger partial charge in [-0.3, -0.25) is 0 Å². The molecule has 24 heavy (non-hydrogen) atoms. The van der Waals surface area contributed by atoms with Crippen LogP contribution >= 0.6 is 23.2 Å². The lowest BCUT2D eigenvalue weighted by Gasteiger charge is -2.20. The maximum atomic E-state index is 6.57. The van der Waals surface area contributed by atoms with E-state index in [1.807, 2.05) is 24.3 Å². The molecule has 2 aromatic rings. The molecule has 0 N–H and O–H groups in total. The average Bonchev–Trinajstić information content (AvgIpc) is 2.77. The van der Waals surface area contributed by atoms with Gasteiger partial charge in [0.25, 0.3) is 0 Å². The van der Waals surface area contributed by atoms with Gasteiger partial charge in [-0.05, 0) is 45.5 Å². The number of halogens is 2. The molecule has 4 rings (SSSR count). The Bertz CT molecular complexity index is 810. The zero-order valence-corrected chi connectivity index (χ0v) is 14.9. The van der Waals surface area contributed by atoms with Crippen molar-refractivity contribution in [1.82, 2.24) is 0 Å². The number of ether oxygens (including phenoxy) is 2. The number of hydrogen-bond donors (Lipinski definition) is 0. The van der Waals surface area contributed by atoms with Crippen LogP contribution in [-0.2, 0) is 9.47 Å². The summed E-state index contributed by atoms with van der Waals surface area (Å²) in [7, 11) is 3.35. The highest BCUT2D eigenvalue weighted by molar-refractivity contribution is 6.33. The van der Waals surface area contributed by atoms with Crippen molar-refractivity contribution in [3.05, 3.63) is 68.7 Å². The Balaban J connectivity index is 2.18. The molecule has 0 aliphatic heterocycles. The van der Waals surface area contributed by atoms with Gasteiger partial charge in [0.15, 0.2) is 0 Å². The fraction of sp³-hybridized carbons (Fsp3) is 0.200. The van der Waals surface area contributed by atoms with Gasteiger partial charge in [0.05, 0.1) is 10.1 Å². The normalized spacial score (nSPS) is 21.3. The second-order valence-corrected chi connectivity index (χ2v) is 6.79. The summed E-state index contributed by atoms with van der Waals surface area (Å²) in [6, 6.07) is 12.3. The molecule has 2 atom stereocenters. The first kappa shape index (κ1) is 15.9. The molecule has 2 unspecified atom stereocenters. The highest BCUT2D eigenvalue weighted by Gasteiger charge is 2.31.